The minimum absolute atomic E-state index is 0.0191. The lowest BCUT2D eigenvalue weighted by atomic mass is 10.1. The molecule has 6 nitrogen and oxygen atoms in total. The van der Waals surface area contributed by atoms with Crippen molar-refractivity contribution in [2.45, 2.75) is 46.3 Å². The molecule has 7 heteroatoms. The van der Waals surface area contributed by atoms with Crippen molar-refractivity contribution in [1.29, 1.82) is 0 Å². The summed E-state index contributed by atoms with van der Waals surface area (Å²) in [5, 5.41) is 11.9. The Labute approximate surface area is 140 Å². The van der Waals surface area contributed by atoms with Gasteiger partial charge in [0.05, 0.1) is 16.6 Å². The molecular weight excluding hydrogens is 322 g/mol. The molecule has 1 aromatic carbocycles. The molecule has 0 unspecified atom stereocenters. The van der Waals surface area contributed by atoms with Gasteiger partial charge in [-0.3, -0.25) is 0 Å². The van der Waals surface area contributed by atoms with Gasteiger partial charge in [0.15, 0.2) is 0 Å². The molecule has 0 aliphatic rings. The van der Waals surface area contributed by atoms with E-state index in [4.69, 9.17) is 26.2 Å². The molecule has 1 aromatic rings. The van der Waals surface area contributed by atoms with Gasteiger partial charge in [-0.25, -0.2) is 9.59 Å². The quantitative estimate of drug-likeness (QED) is 0.852. The molecule has 0 saturated carbocycles. The Bertz CT molecular complexity index is 595. The first kappa shape index (κ1) is 19.1. The Morgan fingerprint density at radius 3 is 2.48 bits per heavy atom. The number of nitrogens with one attached hydrogen (secondary N) is 1. The normalized spacial score (nSPS) is 12.4. The van der Waals surface area contributed by atoms with Crippen LogP contribution in [0.1, 0.15) is 43.6 Å². The summed E-state index contributed by atoms with van der Waals surface area (Å²) in [7, 11) is 0. The SMILES string of the molecule is Cc1cc(OC[C@H](C)NC(=O)OC(C)(C)C)cc(C(=O)O)c1Cl. The van der Waals surface area contributed by atoms with Crippen molar-refractivity contribution in [2.24, 2.45) is 0 Å². The average molecular weight is 344 g/mol. The van der Waals surface area contributed by atoms with Gasteiger partial charge in [-0.15, -0.1) is 0 Å². The highest BCUT2D eigenvalue weighted by Crippen LogP contribution is 2.26. The van der Waals surface area contributed by atoms with Gasteiger partial charge in [-0.05, 0) is 52.3 Å². The number of carbonyl (C=O) groups excluding carboxylic acids is 1. The Balaban J connectivity index is 2.65. The van der Waals surface area contributed by atoms with Crippen LogP contribution in [-0.4, -0.2) is 35.4 Å². The van der Waals surface area contributed by atoms with Crippen LogP contribution in [0.15, 0.2) is 12.1 Å². The molecule has 128 valence electrons. The summed E-state index contributed by atoms with van der Waals surface area (Å²) < 4.78 is 10.7. The summed E-state index contributed by atoms with van der Waals surface area (Å²) in [5.74, 6) is -0.745. The van der Waals surface area contributed by atoms with Crippen LogP contribution in [0.25, 0.3) is 0 Å². The molecule has 23 heavy (non-hydrogen) atoms. The number of aryl methyl sites for hydroxylation is 1. The van der Waals surface area contributed by atoms with Crippen LogP contribution in [0, 0.1) is 6.92 Å². The van der Waals surface area contributed by atoms with Crippen LogP contribution < -0.4 is 10.1 Å². The van der Waals surface area contributed by atoms with Gasteiger partial charge in [0.1, 0.15) is 18.0 Å². The number of carboxylic acids is 1. The maximum Gasteiger partial charge on any atom is 0.407 e. The number of carbonyl (C=O) groups is 2. The second-order valence-electron chi connectivity index (χ2n) is 6.27. The molecule has 0 aliphatic carbocycles. The van der Waals surface area contributed by atoms with E-state index in [0.717, 1.165) is 0 Å². The summed E-state index contributed by atoms with van der Waals surface area (Å²) in [4.78, 5) is 22.8. The molecule has 2 N–H and O–H groups in total. The lowest BCUT2D eigenvalue weighted by molar-refractivity contribution is 0.0493. The lowest BCUT2D eigenvalue weighted by Crippen LogP contribution is -2.40. The fourth-order valence-corrected chi connectivity index (χ4v) is 1.94. The minimum atomic E-state index is -1.12. The molecule has 1 rings (SSSR count). The molecule has 0 spiro atoms. The van der Waals surface area contributed by atoms with Gasteiger partial charge >= 0.3 is 12.1 Å². The number of benzene rings is 1. The average Bonchev–Trinajstić information content (AvgIpc) is 2.37. The van der Waals surface area contributed by atoms with Crippen molar-refractivity contribution in [3.05, 3.63) is 28.3 Å². The fraction of sp³-hybridized carbons (Fsp3) is 0.500. The highest BCUT2D eigenvalue weighted by Gasteiger charge is 2.18. The van der Waals surface area contributed by atoms with Crippen molar-refractivity contribution in [3.8, 4) is 5.75 Å². The molecule has 0 fully saturated rings. The van der Waals surface area contributed by atoms with E-state index in [1.165, 1.54) is 6.07 Å². The maximum atomic E-state index is 11.6. The van der Waals surface area contributed by atoms with E-state index >= 15 is 0 Å². The number of hydrogen-bond acceptors (Lipinski definition) is 4. The zero-order chi connectivity index (χ0) is 17.8. The lowest BCUT2D eigenvalue weighted by Gasteiger charge is -2.22. The number of carboxylic acid groups (broad SMARTS) is 1. The highest BCUT2D eigenvalue weighted by molar-refractivity contribution is 6.34. The summed E-state index contributed by atoms with van der Waals surface area (Å²) in [6.07, 6.45) is -0.535. The summed E-state index contributed by atoms with van der Waals surface area (Å²) >= 11 is 5.94. The van der Waals surface area contributed by atoms with Crippen molar-refractivity contribution in [2.75, 3.05) is 6.61 Å². The van der Waals surface area contributed by atoms with Crippen LogP contribution in [0.2, 0.25) is 5.02 Å². The van der Waals surface area contributed by atoms with E-state index in [9.17, 15) is 9.59 Å². The molecule has 0 saturated heterocycles. The smallest absolute Gasteiger partial charge is 0.407 e. The van der Waals surface area contributed by atoms with E-state index in [0.29, 0.717) is 11.3 Å². The Hall–Kier alpha value is -1.95. The first-order chi connectivity index (χ1) is 10.5. The molecule has 0 heterocycles. The van der Waals surface area contributed by atoms with Crippen molar-refractivity contribution in [3.63, 3.8) is 0 Å². The number of alkyl carbamates (subject to hydrolysis) is 1. The van der Waals surface area contributed by atoms with Gasteiger partial charge < -0.3 is 19.9 Å². The third-order valence-corrected chi connectivity index (χ3v) is 3.22. The number of aromatic carboxylic acids is 1. The predicted molar refractivity (Wildman–Crippen MR) is 87.5 cm³/mol. The van der Waals surface area contributed by atoms with Crippen LogP contribution in [0.5, 0.6) is 5.75 Å². The highest BCUT2D eigenvalue weighted by atomic mass is 35.5. The van der Waals surface area contributed by atoms with Gasteiger partial charge in [-0.2, -0.15) is 0 Å². The topological polar surface area (TPSA) is 84.9 Å². The fourth-order valence-electron chi connectivity index (χ4n) is 1.75. The molecule has 0 bridgehead atoms. The third-order valence-electron chi connectivity index (χ3n) is 2.72. The van der Waals surface area contributed by atoms with Crippen LogP contribution in [-0.2, 0) is 4.74 Å². The number of rotatable bonds is 5. The van der Waals surface area contributed by atoms with E-state index < -0.39 is 17.7 Å². The second kappa shape index (κ2) is 7.55. The summed E-state index contributed by atoms with van der Waals surface area (Å²) in [5.41, 5.74) is 0.0117. The van der Waals surface area contributed by atoms with Gasteiger partial charge in [-0.1, -0.05) is 11.6 Å². The van der Waals surface area contributed by atoms with E-state index in [1.54, 1.807) is 40.7 Å². The zero-order valence-corrected chi connectivity index (χ0v) is 14.7. The largest absolute Gasteiger partial charge is 0.491 e. The van der Waals surface area contributed by atoms with Crippen molar-refractivity contribution < 1.29 is 24.2 Å². The van der Waals surface area contributed by atoms with Crippen LogP contribution in [0.3, 0.4) is 0 Å². The first-order valence-corrected chi connectivity index (χ1v) is 7.53. The standard InChI is InChI=1S/C16H22ClNO5/c1-9-6-11(7-12(13(9)17)14(19)20)22-8-10(2)18-15(21)23-16(3,4)5/h6-7,10H,8H2,1-5H3,(H,18,21)(H,19,20)/t10-/m0/s1. The first-order valence-electron chi connectivity index (χ1n) is 7.15. The van der Waals surface area contributed by atoms with Gasteiger partial charge in [0.25, 0.3) is 0 Å². The molecule has 0 aromatic heterocycles. The maximum absolute atomic E-state index is 11.6. The number of ether oxygens (including phenoxy) is 2. The van der Waals surface area contributed by atoms with Gasteiger partial charge in [0, 0.05) is 0 Å². The number of halogens is 1. The van der Waals surface area contributed by atoms with Gasteiger partial charge in [0.2, 0.25) is 0 Å². The Morgan fingerprint density at radius 1 is 1.35 bits per heavy atom. The van der Waals surface area contributed by atoms with Crippen LogP contribution >= 0.6 is 11.6 Å². The number of amides is 1. The van der Waals surface area contributed by atoms with E-state index in [2.05, 4.69) is 5.32 Å². The zero-order valence-electron chi connectivity index (χ0n) is 13.9. The number of hydrogen-bond donors (Lipinski definition) is 2. The second-order valence-corrected chi connectivity index (χ2v) is 6.64. The van der Waals surface area contributed by atoms with E-state index in [1.807, 2.05) is 0 Å². The monoisotopic (exact) mass is 343 g/mol. The summed E-state index contributed by atoms with van der Waals surface area (Å²) in [6.45, 7) is 8.95. The Morgan fingerprint density at radius 2 is 1.96 bits per heavy atom. The van der Waals surface area contributed by atoms with Crippen molar-refractivity contribution >= 4 is 23.7 Å². The molecule has 0 aliphatic heterocycles. The summed E-state index contributed by atoms with van der Waals surface area (Å²) in [6, 6.07) is 2.70. The Kier molecular flexibility index (Phi) is 6.27. The minimum Gasteiger partial charge on any atom is -0.491 e. The molecular formula is C16H22ClNO5. The van der Waals surface area contributed by atoms with Crippen molar-refractivity contribution in [1.82, 2.24) is 5.32 Å². The molecule has 1 atom stereocenters. The van der Waals surface area contributed by atoms with Crippen LogP contribution in [0.4, 0.5) is 4.79 Å². The van der Waals surface area contributed by atoms with E-state index in [-0.39, 0.29) is 23.2 Å². The molecule has 0 radical (unpaired) electrons. The predicted octanol–water partition coefficient (Wildman–Crippen LogP) is 3.64. The third kappa shape index (κ3) is 6.36. The molecule has 1 amide bonds.